The minimum absolute atomic E-state index is 0.327. The number of nitrogens with zero attached hydrogens (tertiary/aromatic N) is 3. The maximum Gasteiger partial charge on any atom is 0.194 e. The fraction of sp³-hybridized carbons (Fsp3) is 0.286. The predicted molar refractivity (Wildman–Crippen MR) is 74.2 cm³/mol. The average molecular weight is 271 g/mol. The molecule has 0 spiro atoms. The second kappa shape index (κ2) is 4.56. The zero-order chi connectivity index (χ0) is 13.4. The van der Waals surface area contributed by atoms with Gasteiger partial charge in [0, 0.05) is 11.1 Å². The average Bonchev–Trinajstić information content (AvgIpc) is 3.04. The van der Waals surface area contributed by atoms with Gasteiger partial charge in [-0.2, -0.15) is 5.26 Å². The van der Waals surface area contributed by atoms with E-state index in [1.54, 1.807) is 17.6 Å². The van der Waals surface area contributed by atoms with Crippen LogP contribution in [0.15, 0.2) is 28.2 Å². The standard InChI is InChI=1S/C14H13N3OS/c1-9(2)11-8-19-14-16-13(12-4-3-7-18-12)10(5-6-15)17(11)14/h3-4,7-9H,5H2,1-2H3. The van der Waals surface area contributed by atoms with Crippen molar-refractivity contribution in [2.24, 2.45) is 0 Å². The van der Waals surface area contributed by atoms with Gasteiger partial charge in [-0.05, 0) is 18.1 Å². The third-order valence-electron chi connectivity index (χ3n) is 3.08. The van der Waals surface area contributed by atoms with Crippen LogP contribution in [0.1, 0.15) is 31.2 Å². The van der Waals surface area contributed by atoms with Gasteiger partial charge in [0.25, 0.3) is 0 Å². The van der Waals surface area contributed by atoms with Crippen LogP contribution in [0.5, 0.6) is 0 Å². The first-order valence-electron chi connectivity index (χ1n) is 6.12. The maximum atomic E-state index is 9.07. The van der Waals surface area contributed by atoms with Crippen LogP contribution in [0.25, 0.3) is 16.4 Å². The summed E-state index contributed by atoms with van der Waals surface area (Å²) in [6, 6.07) is 5.94. The molecule has 3 heterocycles. The molecule has 0 bridgehead atoms. The zero-order valence-corrected chi connectivity index (χ0v) is 11.6. The number of thiazole rings is 1. The van der Waals surface area contributed by atoms with Gasteiger partial charge in [-0.25, -0.2) is 4.98 Å². The quantitative estimate of drug-likeness (QED) is 0.727. The van der Waals surface area contributed by atoms with Crippen molar-refractivity contribution >= 4 is 16.3 Å². The summed E-state index contributed by atoms with van der Waals surface area (Å²) in [7, 11) is 0. The van der Waals surface area contributed by atoms with E-state index in [1.807, 2.05) is 12.1 Å². The van der Waals surface area contributed by atoms with Crippen molar-refractivity contribution in [1.29, 1.82) is 5.26 Å². The van der Waals surface area contributed by atoms with Gasteiger partial charge in [-0.3, -0.25) is 4.40 Å². The Balaban J connectivity index is 2.29. The SMILES string of the molecule is CC(C)c1csc2nc(-c3ccco3)c(CC#N)n12. The molecule has 0 atom stereocenters. The molecule has 0 radical (unpaired) electrons. The Morgan fingerprint density at radius 1 is 1.53 bits per heavy atom. The molecule has 3 aromatic heterocycles. The van der Waals surface area contributed by atoms with Gasteiger partial charge in [-0.1, -0.05) is 13.8 Å². The van der Waals surface area contributed by atoms with E-state index in [4.69, 9.17) is 9.68 Å². The summed E-state index contributed by atoms with van der Waals surface area (Å²) < 4.78 is 7.52. The van der Waals surface area contributed by atoms with Crippen LogP contribution in [-0.4, -0.2) is 9.38 Å². The lowest BCUT2D eigenvalue weighted by Crippen LogP contribution is -1.99. The Morgan fingerprint density at radius 2 is 2.37 bits per heavy atom. The Bertz CT molecular complexity index is 744. The predicted octanol–water partition coefficient (Wildman–Crippen LogP) is 3.85. The number of rotatable bonds is 3. The lowest BCUT2D eigenvalue weighted by Gasteiger charge is -2.05. The number of hydrogen-bond donors (Lipinski definition) is 0. The highest BCUT2D eigenvalue weighted by Crippen LogP contribution is 2.31. The van der Waals surface area contributed by atoms with E-state index in [-0.39, 0.29) is 0 Å². The number of furan rings is 1. The lowest BCUT2D eigenvalue weighted by atomic mass is 10.1. The van der Waals surface area contributed by atoms with Gasteiger partial charge in [0.2, 0.25) is 0 Å². The normalized spacial score (nSPS) is 11.3. The fourth-order valence-corrected chi connectivity index (χ4v) is 3.25. The fourth-order valence-electron chi connectivity index (χ4n) is 2.19. The van der Waals surface area contributed by atoms with Crippen molar-refractivity contribution in [3.05, 3.63) is 35.2 Å². The van der Waals surface area contributed by atoms with Crippen LogP contribution < -0.4 is 0 Å². The van der Waals surface area contributed by atoms with E-state index in [9.17, 15) is 0 Å². The van der Waals surface area contributed by atoms with Gasteiger partial charge < -0.3 is 4.42 Å². The molecule has 4 nitrogen and oxygen atoms in total. The molecule has 0 saturated heterocycles. The topological polar surface area (TPSA) is 54.2 Å². The highest BCUT2D eigenvalue weighted by Gasteiger charge is 2.20. The summed E-state index contributed by atoms with van der Waals surface area (Å²) in [4.78, 5) is 5.53. The highest BCUT2D eigenvalue weighted by atomic mass is 32.1. The number of aromatic nitrogens is 2. The summed E-state index contributed by atoms with van der Waals surface area (Å²) in [6.45, 7) is 4.29. The third kappa shape index (κ3) is 1.85. The minimum atomic E-state index is 0.327. The van der Waals surface area contributed by atoms with Crippen LogP contribution in [0.3, 0.4) is 0 Å². The smallest absolute Gasteiger partial charge is 0.194 e. The highest BCUT2D eigenvalue weighted by molar-refractivity contribution is 7.15. The molecule has 19 heavy (non-hydrogen) atoms. The molecule has 0 amide bonds. The van der Waals surface area contributed by atoms with E-state index < -0.39 is 0 Å². The van der Waals surface area contributed by atoms with Crippen LogP contribution >= 0.6 is 11.3 Å². The zero-order valence-electron chi connectivity index (χ0n) is 10.8. The van der Waals surface area contributed by atoms with Crippen LogP contribution in [0, 0.1) is 11.3 Å². The van der Waals surface area contributed by atoms with Gasteiger partial charge in [0.1, 0.15) is 5.69 Å². The van der Waals surface area contributed by atoms with E-state index in [1.165, 1.54) is 5.69 Å². The van der Waals surface area contributed by atoms with E-state index in [0.29, 0.717) is 12.3 Å². The molecule has 0 N–H and O–H groups in total. The van der Waals surface area contributed by atoms with Gasteiger partial charge in [0.05, 0.1) is 24.4 Å². The van der Waals surface area contributed by atoms with E-state index in [0.717, 1.165) is 22.1 Å². The van der Waals surface area contributed by atoms with Crippen molar-refractivity contribution in [2.45, 2.75) is 26.2 Å². The van der Waals surface area contributed by atoms with Crippen molar-refractivity contribution in [2.75, 3.05) is 0 Å². The second-order valence-corrected chi connectivity index (χ2v) is 5.49. The lowest BCUT2D eigenvalue weighted by molar-refractivity contribution is 0.579. The van der Waals surface area contributed by atoms with Gasteiger partial charge in [0.15, 0.2) is 10.7 Å². The first kappa shape index (κ1) is 12.0. The molecule has 3 rings (SSSR count). The maximum absolute atomic E-state index is 9.07. The van der Waals surface area contributed by atoms with Crippen molar-refractivity contribution in [3.8, 4) is 17.5 Å². The molecular formula is C14H13N3OS. The Hall–Kier alpha value is -2.06. The number of fused-ring (bicyclic) bond motifs is 1. The first-order chi connectivity index (χ1) is 9.22. The van der Waals surface area contributed by atoms with Gasteiger partial charge >= 0.3 is 0 Å². The van der Waals surface area contributed by atoms with Crippen LogP contribution in [-0.2, 0) is 6.42 Å². The van der Waals surface area contributed by atoms with Crippen molar-refractivity contribution < 1.29 is 4.42 Å². The largest absolute Gasteiger partial charge is 0.463 e. The molecular weight excluding hydrogens is 258 g/mol. The first-order valence-corrected chi connectivity index (χ1v) is 7.00. The molecule has 0 saturated carbocycles. The molecule has 0 aromatic carbocycles. The molecule has 0 aliphatic carbocycles. The van der Waals surface area contributed by atoms with Crippen molar-refractivity contribution in [1.82, 2.24) is 9.38 Å². The molecule has 96 valence electrons. The summed E-state index contributed by atoms with van der Waals surface area (Å²) in [5.41, 5.74) is 2.88. The molecule has 0 fully saturated rings. The minimum Gasteiger partial charge on any atom is -0.463 e. The number of imidazole rings is 1. The van der Waals surface area contributed by atoms with Crippen LogP contribution in [0.4, 0.5) is 0 Å². The van der Waals surface area contributed by atoms with E-state index >= 15 is 0 Å². The second-order valence-electron chi connectivity index (χ2n) is 4.65. The summed E-state index contributed by atoms with van der Waals surface area (Å²) >= 11 is 1.60. The molecule has 0 unspecified atom stereocenters. The Labute approximate surface area is 114 Å². The van der Waals surface area contributed by atoms with Gasteiger partial charge in [-0.15, -0.1) is 11.3 Å². The summed E-state index contributed by atoms with van der Waals surface area (Å²) in [5.74, 6) is 1.11. The Kier molecular flexibility index (Phi) is 2.88. The monoisotopic (exact) mass is 271 g/mol. The molecule has 0 aliphatic heterocycles. The van der Waals surface area contributed by atoms with E-state index in [2.05, 4.69) is 34.7 Å². The number of nitriles is 1. The summed E-state index contributed by atoms with van der Waals surface area (Å²) in [5, 5.41) is 11.2. The molecule has 0 aliphatic rings. The Morgan fingerprint density at radius 3 is 3.00 bits per heavy atom. The number of hydrogen-bond acceptors (Lipinski definition) is 4. The molecule has 5 heteroatoms. The van der Waals surface area contributed by atoms with Crippen molar-refractivity contribution in [3.63, 3.8) is 0 Å². The summed E-state index contributed by atoms with van der Waals surface area (Å²) in [6.07, 6.45) is 1.95. The third-order valence-corrected chi connectivity index (χ3v) is 3.92. The molecule has 3 aromatic rings. The van der Waals surface area contributed by atoms with Crippen LogP contribution in [0.2, 0.25) is 0 Å².